The summed E-state index contributed by atoms with van der Waals surface area (Å²) in [4.78, 5) is 21.1. The Morgan fingerprint density at radius 1 is 1.00 bits per heavy atom. The molecule has 5 aromatic rings. The van der Waals surface area contributed by atoms with Crippen LogP contribution in [-0.4, -0.2) is 32.8 Å². The summed E-state index contributed by atoms with van der Waals surface area (Å²) < 4.78 is 13.7. The molecular weight excluding hydrogens is 508 g/mol. The molecule has 0 fully saturated rings. The number of ether oxygens (including phenoxy) is 2. The molecule has 174 valence electrons. The molecule has 0 N–H and O–H groups in total. The molecule has 0 aliphatic rings. The van der Waals surface area contributed by atoms with Crippen molar-refractivity contribution in [2.24, 2.45) is 7.05 Å². The van der Waals surface area contributed by atoms with Gasteiger partial charge in [0.25, 0.3) is 0 Å². The summed E-state index contributed by atoms with van der Waals surface area (Å²) in [6.07, 6.45) is 5.53. The van der Waals surface area contributed by atoms with E-state index in [1.165, 1.54) is 7.11 Å². The van der Waals surface area contributed by atoms with Crippen LogP contribution in [0.4, 0.5) is 0 Å². The van der Waals surface area contributed by atoms with Crippen molar-refractivity contribution < 1.29 is 14.3 Å². The van der Waals surface area contributed by atoms with Gasteiger partial charge in [-0.3, -0.25) is 9.67 Å². The van der Waals surface area contributed by atoms with E-state index in [0.29, 0.717) is 17.0 Å². The normalized spacial score (nSPS) is 10.9. The van der Waals surface area contributed by atoms with Gasteiger partial charge in [-0.1, -0.05) is 15.9 Å². The fraction of sp³-hybridized carbons (Fsp3) is 0.111. The third-order valence-corrected chi connectivity index (χ3v) is 6.08. The van der Waals surface area contributed by atoms with E-state index in [9.17, 15) is 4.79 Å². The molecule has 2 aromatic carbocycles. The molecule has 0 aliphatic carbocycles. The number of pyridine rings is 2. The second-order valence-electron chi connectivity index (χ2n) is 7.93. The number of esters is 1. The van der Waals surface area contributed by atoms with Gasteiger partial charge in [0.05, 0.1) is 23.9 Å². The van der Waals surface area contributed by atoms with Crippen LogP contribution < -0.4 is 4.74 Å². The number of hydrogen-bond acceptors (Lipinski definition) is 6. The average Bonchev–Trinajstić information content (AvgIpc) is 3.29. The summed E-state index contributed by atoms with van der Waals surface area (Å²) in [7, 11) is 3.26. The SMILES string of the molecule is COC(=O)c1cc2cc(Br)ccc2nc1COc1ccc(-c2nn(C)cc2-c2ccncc2)cc1. The maximum Gasteiger partial charge on any atom is 0.339 e. The molecule has 0 amide bonds. The minimum atomic E-state index is -0.452. The summed E-state index contributed by atoms with van der Waals surface area (Å²) in [6, 6.07) is 19.1. The third-order valence-electron chi connectivity index (χ3n) is 5.58. The van der Waals surface area contributed by atoms with Crippen LogP contribution in [0.1, 0.15) is 16.1 Å². The van der Waals surface area contributed by atoms with Gasteiger partial charge >= 0.3 is 5.97 Å². The first-order valence-corrected chi connectivity index (χ1v) is 11.7. The van der Waals surface area contributed by atoms with Crippen molar-refractivity contribution in [3.8, 4) is 28.1 Å². The Bertz CT molecular complexity index is 1520. The molecule has 0 saturated carbocycles. The van der Waals surface area contributed by atoms with Gasteiger partial charge in [-0.25, -0.2) is 9.78 Å². The average molecular weight is 529 g/mol. The summed E-state index contributed by atoms with van der Waals surface area (Å²) >= 11 is 3.46. The first-order chi connectivity index (χ1) is 17.0. The lowest BCUT2D eigenvalue weighted by molar-refractivity contribution is 0.0597. The predicted molar refractivity (Wildman–Crippen MR) is 137 cm³/mol. The van der Waals surface area contributed by atoms with Gasteiger partial charge in [0.15, 0.2) is 0 Å². The molecule has 0 unspecified atom stereocenters. The van der Waals surface area contributed by atoms with E-state index >= 15 is 0 Å². The largest absolute Gasteiger partial charge is 0.487 e. The van der Waals surface area contributed by atoms with Crippen LogP contribution in [0.5, 0.6) is 5.75 Å². The number of hydrogen-bond donors (Lipinski definition) is 0. The molecule has 0 saturated heterocycles. The lowest BCUT2D eigenvalue weighted by Gasteiger charge is -2.11. The Morgan fingerprint density at radius 2 is 1.77 bits per heavy atom. The molecule has 7 nitrogen and oxygen atoms in total. The minimum absolute atomic E-state index is 0.127. The smallest absolute Gasteiger partial charge is 0.339 e. The molecule has 35 heavy (non-hydrogen) atoms. The maximum absolute atomic E-state index is 12.4. The van der Waals surface area contributed by atoms with Crippen molar-refractivity contribution >= 4 is 32.8 Å². The number of halogens is 1. The molecule has 3 aromatic heterocycles. The summed E-state index contributed by atoms with van der Waals surface area (Å²) in [5, 5.41) is 5.49. The van der Waals surface area contributed by atoms with E-state index in [4.69, 9.17) is 9.47 Å². The standard InChI is InChI=1S/C27H21BrN4O3/c1-32-15-23(17-9-11-29-12-10-17)26(31-32)18-3-6-21(7-4-18)35-16-25-22(27(33)34-2)14-19-13-20(28)5-8-24(19)30-25/h3-15H,16H2,1-2H3. The molecule has 8 heteroatoms. The van der Waals surface area contributed by atoms with Crippen LogP contribution in [-0.2, 0) is 18.4 Å². The van der Waals surface area contributed by atoms with Crippen LogP contribution in [0.3, 0.4) is 0 Å². The number of fused-ring (bicyclic) bond motifs is 1. The van der Waals surface area contributed by atoms with E-state index < -0.39 is 5.97 Å². The zero-order chi connectivity index (χ0) is 24.4. The van der Waals surface area contributed by atoms with Gasteiger partial charge in [0.2, 0.25) is 0 Å². The number of methoxy groups -OCH3 is 1. The highest BCUT2D eigenvalue weighted by Crippen LogP contribution is 2.31. The van der Waals surface area contributed by atoms with Gasteiger partial charge in [0.1, 0.15) is 18.1 Å². The molecule has 0 aliphatic heterocycles. The summed E-state index contributed by atoms with van der Waals surface area (Å²) in [6.45, 7) is 0.127. The monoisotopic (exact) mass is 528 g/mol. The van der Waals surface area contributed by atoms with Crippen molar-refractivity contribution in [1.82, 2.24) is 19.7 Å². The Balaban J connectivity index is 1.40. The molecule has 0 atom stereocenters. The van der Waals surface area contributed by atoms with Crippen LogP contribution >= 0.6 is 15.9 Å². The fourth-order valence-corrected chi connectivity index (χ4v) is 4.27. The highest BCUT2D eigenvalue weighted by Gasteiger charge is 2.16. The minimum Gasteiger partial charge on any atom is -0.487 e. The van der Waals surface area contributed by atoms with Gasteiger partial charge < -0.3 is 9.47 Å². The van der Waals surface area contributed by atoms with Gasteiger partial charge in [-0.15, -0.1) is 0 Å². The number of carbonyl (C=O) groups is 1. The second-order valence-corrected chi connectivity index (χ2v) is 8.84. The molecule has 3 heterocycles. The quantitative estimate of drug-likeness (QED) is 0.258. The van der Waals surface area contributed by atoms with Crippen LogP contribution in [0, 0.1) is 0 Å². The van der Waals surface area contributed by atoms with Crippen LogP contribution in [0.25, 0.3) is 33.3 Å². The zero-order valence-electron chi connectivity index (χ0n) is 19.1. The Kier molecular flexibility index (Phi) is 6.29. The van der Waals surface area contributed by atoms with Gasteiger partial charge in [-0.05, 0) is 66.2 Å². The van der Waals surface area contributed by atoms with Crippen molar-refractivity contribution in [3.63, 3.8) is 0 Å². The lowest BCUT2D eigenvalue weighted by Crippen LogP contribution is -2.10. The Hall–Kier alpha value is -4.04. The number of carbonyl (C=O) groups excluding carboxylic acids is 1. The highest BCUT2D eigenvalue weighted by molar-refractivity contribution is 9.10. The van der Waals surface area contributed by atoms with E-state index in [1.54, 1.807) is 23.1 Å². The van der Waals surface area contributed by atoms with Crippen molar-refractivity contribution in [2.45, 2.75) is 6.61 Å². The molecule has 0 radical (unpaired) electrons. The van der Waals surface area contributed by atoms with E-state index in [0.717, 1.165) is 37.8 Å². The van der Waals surface area contributed by atoms with Gasteiger partial charge in [0, 0.05) is 46.6 Å². The van der Waals surface area contributed by atoms with E-state index in [2.05, 4.69) is 31.0 Å². The van der Waals surface area contributed by atoms with E-state index in [1.807, 2.05) is 67.8 Å². The second kappa shape index (κ2) is 9.68. The molecule has 5 rings (SSSR count). The first-order valence-electron chi connectivity index (χ1n) is 10.9. The fourth-order valence-electron chi connectivity index (χ4n) is 3.89. The van der Waals surface area contributed by atoms with Crippen molar-refractivity contribution in [1.29, 1.82) is 0 Å². The summed E-state index contributed by atoms with van der Waals surface area (Å²) in [5.41, 5.74) is 5.58. The number of nitrogens with zero attached hydrogens (tertiary/aromatic N) is 4. The van der Waals surface area contributed by atoms with Crippen LogP contribution in [0.15, 0.2) is 83.7 Å². The number of aryl methyl sites for hydroxylation is 1. The Labute approximate surface area is 210 Å². The molecule has 0 spiro atoms. The highest BCUT2D eigenvalue weighted by atomic mass is 79.9. The van der Waals surface area contributed by atoms with Crippen molar-refractivity contribution in [3.05, 3.63) is 95.0 Å². The topological polar surface area (TPSA) is 79.1 Å². The first kappa shape index (κ1) is 22.7. The number of aromatic nitrogens is 4. The number of rotatable bonds is 6. The lowest BCUT2D eigenvalue weighted by atomic mass is 10.0. The predicted octanol–water partition coefficient (Wildman–Crippen LogP) is 5.83. The van der Waals surface area contributed by atoms with Crippen molar-refractivity contribution in [2.75, 3.05) is 7.11 Å². The van der Waals surface area contributed by atoms with Crippen LogP contribution in [0.2, 0.25) is 0 Å². The number of benzene rings is 2. The summed E-state index contributed by atoms with van der Waals surface area (Å²) in [5.74, 6) is 0.204. The Morgan fingerprint density at radius 3 is 2.51 bits per heavy atom. The molecule has 0 bridgehead atoms. The third kappa shape index (κ3) is 4.79. The zero-order valence-corrected chi connectivity index (χ0v) is 20.7. The van der Waals surface area contributed by atoms with Gasteiger partial charge in [-0.2, -0.15) is 5.10 Å². The maximum atomic E-state index is 12.4. The molecular formula is C27H21BrN4O3. The van der Waals surface area contributed by atoms with E-state index in [-0.39, 0.29) is 6.61 Å².